The summed E-state index contributed by atoms with van der Waals surface area (Å²) < 4.78 is 1.77. The van der Waals surface area contributed by atoms with Crippen LogP contribution in [0.4, 0.5) is 4.79 Å². The highest BCUT2D eigenvalue weighted by atomic mass is 16.2. The van der Waals surface area contributed by atoms with E-state index in [0.29, 0.717) is 6.54 Å². The minimum Gasteiger partial charge on any atom is -0.338 e. The fourth-order valence-corrected chi connectivity index (χ4v) is 2.04. The van der Waals surface area contributed by atoms with Crippen molar-refractivity contribution in [2.24, 2.45) is 0 Å². The van der Waals surface area contributed by atoms with Crippen molar-refractivity contribution < 1.29 is 4.79 Å². The molecule has 0 fully saturated rings. The Hall–Kier alpha value is -2.37. The fraction of sp³-hybridized carbons (Fsp3) is 0.357. The summed E-state index contributed by atoms with van der Waals surface area (Å²) in [7, 11) is 0. The van der Waals surface area contributed by atoms with Crippen LogP contribution >= 0.6 is 0 Å². The predicted molar refractivity (Wildman–Crippen MR) is 76.7 cm³/mol. The summed E-state index contributed by atoms with van der Waals surface area (Å²) in [4.78, 5) is 15.8. The maximum atomic E-state index is 11.6. The topological polar surface area (TPSA) is 71.8 Å². The van der Waals surface area contributed by atoms with Gasteiger partial charge < -0.3 is 10.6 Å². The van der Waals surface area contributed by atoms with Crippen LogP contribution in [-0.4, -0.2) is 27.3 Å². The van der Waals surface area contributed by atoms with E-state index in [0.717, 1.165) is 17.1 Å². The molecule has 2 aromatic heterocycles. The third-order valence-electron chi connectivity index (χ3n) is 3.07. The molecule has 0 aromatic carbocycles. The van der Waals surface area contributed by atoms with Crippen LogP contribution in [0.15, 0.2) is 30.6 Å². The first-order valence-electron chi connectivity index (χ1n) is 6.63. The highest BCUT2D eigenvalue weighted by Gasteiger charge is 2.16. The molecular formula is C14H19N5O. The Balaban J connectivity index is 2.19. The summed E-state index contributed by atoms with van der Waals surface area (Å²) in [5, 5.41) is 9.94. The standard InChI is InChI=1S/C14H19N5O/c1-4-15-14(20)18-10(2)12-9-17-19(11(12)3)13-7-5-6-8-16-13/h5-10H,4H2,1-3H3,(H2,15,18,20). The lowest BCUT2D eigenvalue weighted by molar-refractivity contribution is 0.238. The molecule has 1 atom stereocenters. The summed E-state index contributed by atoms with van der Waals surface area (Å²) in [6, 6.07) is 5.39. The molecule has 0 aliphatic heterocycles. The predicted octanol–water partition coefficient (Wildman–Crippen LogP) is 1.96. The van der Waals surface area contributed by atoms with Crippen molar-refractivity contribution in [3.8, 4) is 5.82 Å². The monoisotopic (exact) mass is 273 g/mol. The molecule has 0 aliphatic carbocycles. The summed E-state index contributed by atoms with van der Waals surface area (Å²) in [5.41, 5.74) is 1.94. The number of nitrogens with one attached hydrogen (secondary N) is 2. The van der Waals surface area contributed by atoms with Crippen LogP contribution < -0.4 is 10.6 Å². The molecule has 20 heavy (non-hydrogen) atoms. The van der Waals surface area contributed by atoms with Gasteiger partial charge in [-0.3, -0.25) is 0 Å². The summed E-state index contributed by atoms with van der Waals surface area (Å²) in [6.07, 6.45) is 3.49. The van der Waals surface area contributed by atoms with E-state index in [-0.39, 0.29) is 12.1 Å². The van der Waals surface area contributed by atoms with E-state index in [9.17, 15) is 4.79 Å². The summed E-state index contributed by atoms with van der Waals surface area (Å²) >= 11 is 0. The van der Waals surface area contributed by atoms with E-state index >= 15 is 0 Å². The van der Waals surface area contributed by atoms with Crippen LogP contribution in [0.5, 0.6) is 0 Å². The van der Waals surface area contributed by atoms with Gasteiger partial charge in [0.15, 0.2) is 5.82 Å². The normalized spacial score (nSPS) is 11.9. The van der Waals surface area contributed by atoms with Gasteiger partial charge in [-0.25, -0.2) is 14.5 Å². The van der Waals surface area contributed by atoms with Crippen molar-refractivity contribution in [3.63, 3.8) is 0 Å². The zero-order valence-electron chi connectivity index (χ0n) is 11.9. The molecule has 2 aromatic rings. The number of amides is 2. The van der Waals surface area contributed by atoms with E-state index in [1.807, 2.05) is 39.0 Å². The summed E-state index contributed by atoms with van der Waals surface area (Å²) in [5.74, 6) is 0.765. The Bertz CT molecular complexity index is 579. The molecule has 2 N–H and O–H groups in total. The molecule has 0 bridgehead atoms. The lowest BCUT2D eigenvalue weighted by Crippen LogP contribution is -2.36. The second-order valence-corrected chi connectivity index (χ2v) is 4.51. The molecule has 0 saturated carbocycles. The molecule has 0 spiro atoms. The van der Waals surface area contributed by atoms with Crippen LogP contribution in [0, 0.1) is 6.92 Å². The van der Waals surface area contributed by atoms with Crippen LogP contribution in [0.3, 0.4) is 0 Å². The van der Waals surface area contributed by atoms with Gasteiger partial charge in [-0.1, -0.05) is 6.07 Å². The number of aromatic nitrogens is 3. The van der Waals surface area contributed by atoms with E-state index in [1.54, 1.807) is 17.1 Å². The second kappa shape index (κ2) is 6.18. The van der Waals surface area contributed by atoms with Gasteiger partial charge in [0.1, 0.15) is 0 Å². The third kappa shape index (κ3) is 2.96. The average molecular weight is 273 g/mol. The zero-order chi connectivity index (χ0) is 14.5. The number of hydrogen-bond donors (Lipinski definition) is 2. The maximum Gasteiger partial charge on any atom is 0.315 e. The molecular weight excluding hydrogens is 254 g/mol. The Morgan fingerprint density at radius 3 is 2.90 bits per heavy atom. The average Bonchev–Trinajstić information content (AvgIpc) is 2.82. The highest BCUT2D eigenvalue weighted by molar-refractivity contribution is 5.74. The van der Waals surface area contributed by atoms with Crippen LogP contribution in [0.2, 0.25) is 0 Å². The molecule has 0 aliphatic rings. The highest BCUT2D eigenvalue weighted by Crippen LogP contribution is 2.18. The van der Waals surface area contributed by atoms with Crippen molar-refractivity contribution in [2.75, 3.05) is 6.54 Å². The lowest BCUT2D eigenvalue weighted by atomic mass is 10.1. The number of hydrogen-bond acceptors (Lipinski definition) is 3. The Labute approximate surface area is 118 Å². The number of nitrogens with zero attached hydrogens (tertiary/aromatic N) is 3. The molecule has 1 unspecified atom stereocenters. The largest absolute Gasteiger partial charge is 0.338 e. The van der Waals surface area contributed by atoms with Crippen molar-refractivity contribution in [1.29, 1.82) is 0 Å². The number of carbonyl (C=O) groups excluding carboxylic acids is 1. The first-order valence-corrected chi connectivity index (χ1v) is 6.63. The lowest BCUT2D eigenvalue weighted by Gasteiger charge is -2.14. The van der Waals surface area contributed by atoms with E-state index in [2.05, 4.69) is 20.7 Å². The van der Waals surface area contributed by atoms with Crippen LogP contribution in [0.1, 0.15) is 31.1 Å². The van der Waals surface area contributed by atoms with Gasteiger partial charge in [-0.2, -0.15) is 5.10 Å². The smallest absolute Gasteiger partial charge is 0.315 e. The van der Waals surface area contributed by atoms with Crippen molar-refractivity contribution >= 4 is 6.03 Å². The number of carbonyl (C=O) groups is 1. The molecule has 6 heteroatoms. The van der Waals surface area contributed by atoms with Gasteiger partial charge in [-0.05, 0) is 32.9 Å². The SMILES string of the molecule is CCNC(=O)NC(C)c1cnn(-c2ccccn2)c1C. The molecule has 0 saturated heterocycles. The fourth-order valence-electron chi connectivity index (χ4n) is 2.04. The molecule has 2 heterocycles. The quantitative estimate of drug-likeness (QED) is 0.894. The van der Waals surface area contributed by atoms with Gasteiger partial charge in [0.25, 0.3) is 0 Å². The van der Waals surface area contributed by atoms with E-state index < -0.39 is 0 Å². The van der Waals surface area contributed by atoms with Crippen LogP contribution in [-0.2, 0) is 0 Å². The molecule has 2 amide bonds. The van der Waals surface area contributed by atoms with E-state index in [4.69, 9.17) is 0 Å². The minimum absolute atomic E-state index is 0.112. The Kier molecular flexibility index (Phi) is 4.34. The molecule has 0 radical (unpaired) electrons. The number of urea groups is 1. The third-order valence-corrected chi connectivity index (χ3v) is 3.07. The molecule has 2 rings (SSSR count). The Morgan fingerprint density at radius 2 is 2.25 bits per heavy atom. The second-order valence-electron chi connectivity index (χ2n) is 4.51. The summed E-state index contributed by atoms with van der Waals surface area (Å²) in [6.45, 7) is 6.38. The first-order chi connectivity index (χ1) is 9.63. The van der Waals surface area contributed by atoms with Gasteiger partial charge >= 0.3 is 6.03 Å². The van der Waals surface area contributed by atoms with E-state index in [1.165, 1.54) is 0 Å². The molecule has 106 valence electrons. The van der Waals surface area contributed by atoms with Crippen LogP contribution in [0.25, 0.3) is 5.82 Å². The first kappa shape index (κ1) is 14.0. The van der Waals surface area contributed by atoms with Gasteiger partial charge in [-0.15, -0.1) is 0 Å². The zero-order valence-corrected chi connectivity index (χ0v) is 11.9. The van der Waals surface area contributed by atoms with Crippen molar-refractivity contribution in [3.05, 3.63) is 41.9 Å². The van der Waals surface area contributed by atoms with Crippen molar-refractivity contribution in [2.45, 2.75) is 26.8 Å². The Morgan fingerprint density at radius 1 is 1.45 bits per heavy atom. The van der Waals surface area contributed by atoms with Gasteiger partial charge in [0.2, 0.25) is 0 Å². The number of rotatable bonds is 4. The number of pyridine rings is 1. The van der Waals surface area contributed by atoms with Gasteiger partial charge in [0, 0.05) is 24.0 Å². The minimum atomic E-state index is -0.176. The molecule has 6 nitrogen and oxygen atoms in total. The van der Waals surface area contributed by atoms with Crippen molar-refractivity contribution in [1.82, 2.24) is 25.4 Å². The van der Waals surface area contributed by atoms with Gasteiger partial charge in [0.05, 0.1) is 12.2 Å². The maximum absolute atomic E-state index is 11.6.